The quantitative estimate of drug-likeness (QED) is 0.768. The summed E-state index contributed by atoms with van der Waals surface area (Å²) in [6, 6.07) is 0. The van der Waals surface area contributed by atoms with Crippen LogP contribution in [-0.2, 0) is 9.59 Å². The molecule has 0 aromatic heterocycles. The number of thioether (sulfide) groups is 1. The first-order valence-electron chi connectivity index (χ1n) is 6.66. The molecule has 0 unspecified atom stereocenters. The maximum atomic E-state index is 12.0. The van der Waals surface area contributed by atoms with E-state index in [4.69, 9.17) is 0 Å². The summed E-state index contributed by atoms with van der Waals surface area (Å²) in [5.74, 6) is -0.288. The van der Waals surface area contributed by atoms with Crippen molar-refractivity contribution >= 4 is 23.6 Å². The summed E-state index contributed by atoms with van der Waals surface area (Å²) in [5.41, 5.74) is -0.693. The van der Waals surface area contributed by atoms with Crippen LogP contribution in [0.1, 0.15) is 32.6 Å². The Hall–Kier alpha value is -0.750. The highest BCUT2D eigenvalue weighted by Crippen LogP contribution is 2.35. The van der Waals surface area contributed by atoms with Gasteiger partial charge in [0, 0.05) is 13.1 Å². The number of rotatable bonds is 6. The number of likely N-dealkylation sites (tertiary alicyclic amines) is 1. The van der Waals surface area contributed by atoms with Crippen LogP contribution in [0, 0.1) is 5.41 Å². The maximum absolute atomic E-state index is 12.0. The van der Waals surface area contributed by atoms with Gasteiger partial charge in [-0.15, -0.1) is 0 Å². The van der Waals surface area contributed by atoms with Crippen LogP contribution in [0.2, 0.25) is 0 Å². The van der Waals surface area contributed by atoms with E-state index in [9.17, 15) is 19.8 Å². The van der Waals surface area contributed by atoms with E-state index in [-0.39, 0.29) is 5.91 Å². The van der Waals surface area contributed by atoms with Crippen molar-refractivity contribution in [1.29, 1.82) is 0 Å². The number of carbonyl (C=O) groups is 2. The molecule has 0 bridgehead atoms. The van der Waals surface area contributed by atoms with Crippen molar-refractivity contribution in [2.75, 3.05) is 25.1 Å². The molecule has 1 fully saturated rings. The van der Waals surface area contributed by atoms with Gasteiger partial charge >= 0.3 is 5.97 Å². The highest BCUT2D eigenvalue weighted by atomic mass is 32.2. The van der Waals surface area contributed by atoms with E-state index in [0.29, 0.717) is 38.8 Å². The summed E-state index contributed by atoms with van der Waals surface area (Å²) >= 11 is 1.59. The third kappa shape index (κ3) is 3.86. The predicted molar refractivity (Wildman–Crippen MR) is 75.2 cm³/mol. The molecule has 1 rings (SSSR count). The van der Waals surface area contributed by atoms with E-state index in [0.717, 1.165) is 5.75 Å². The molecular weight excluding hydrogens is 266 g/mol. The van der Waals surface area contributed by atoms with Crippen LogP contribution in [-0.4, -0.2) is 58.2 Å². The van der Waals surface area contributed by atoms with E-state index in [1.165, 1.54) is 0 Å². The minimum atomic E-state index is -0.952. The summed E-state index contributed by atoms with van der Waals surface area (Å²) < 4.78 is 0. The summed E-state index contributed by atoms with van der Waals surface area (Å²) in [4.78, 5) is 24.9. The zero-order valence-electron chi connectivity index (χ0n) is 11.6. The van der Waals surface area contributed by atoms with Crippen LogP contribution < -0.4 is 0 Å². The van der Waals surface area contributed by atoms with Crippen molar-refractivity contribution in [2.24, 2.45) is 5.41 Å². The Morgan fingerprint density at radius 1 is 1.37 bits per heavy atom. The SMILES string of the molecule is CCC1(C(=O)O)CCN(C(=O)[C@H](O)CCSC)CC1. The number of carboxylic acid groups (broad SMARTS) is 1. The van der Waals surface area contributed by atoms with E-state index in [2.05, 4.69) is 0 Å². The summed E-state index contributed by atoms with van der Waals surface area (Å²) in [7, 11) is 0. The maximum Gasteiger partial charge on any atom is 0.309 e. The molecule has 6 heteroatoms. The number of nitrogens with zero attached hydrogens (tertiary/aromatic N) is 1. The minimum Gasteiger partial charge on any atom is -0.481 e. The molecule has 0 aromatic carbocycles. The molecule has 0 aromatic rings. The number of hydrogen-bond acceptors (Lipinski definition) is 4. The number of carbonyl (C=O) groups excluding carboxylic acids is 1. The average molecular weight is 289 g/mol. The number of aliphatic hydroxyl groups excluding tert-OH is 1. The number of carboxylic acids is 1. The van der Waals surface area contributed by atoms with Gasteiger partial charge in [-0.3, -0.25) is 9.59 Å². The van der Waals surface area contributed by atoms with Gasteiger partial charge in [-0.05, 0) is 37.7 Å². The van der Waals surface area contributed by atoms with Crippen molar-refractivity contribution in [1.82, 2.24) is 4.90 Å². The summed E-state index contributed by atoms with van der Waals surface area (Å²) in [6.07, 6.45) is 2.96. The lowest BCUT2D eigenvalue weighted by Crippen LogP contribution is -2.49. The fourth-order valence-electron chi connectivity index (χ4n) is 2.44. The van der Waals surface area contributed by atoms with Crippen LogP contribution in [0.15, 0.2) is 0 Å². The second-order valence-corrected chi connectivity index (χ2v) is 6.05. The molecule has 5 nitrogen and oxygen atoms in total. The van der Waals surface area contributed by atoms with E-state index < -0.39 is 17.5 Å². The molecule has 19 heavy (non-hydrogen) atoms. The van der Waals surface area contributed by atoms with Gasteiger partial charge in [0.05, 0.1) is 5.41 Å². The molecule has 0 aliphatic carbocycles. The van der Waals surface area contributed by atoms with Crippen molar-refractivity contribution < 1.29 is 19.8 Å². The molecule has 1 heterocycles. The Kier molecular flexibility index (Phi) is 6.13. The molecule has 0 radical (unpaired) electrons. The van der Waals surface area contributed by atoms with Gasteiger partial charge < -0.3 is 15.1 Å². The number of hydrogen-bond donors (Lipinski definition) is 2. The smallest absolute Gasteiger partial charge is 0.309 e. The van der Waals surface area contributed by atoms with E-state index in [1.54, 1.807) is 16.7 Å². The largest absolute Gasteiger partial charge is 0.481 e. The second kappa shape index (κ2) is 7.14. The average Bonchev–Trinajstić information content (AvgIpc) is 2.43. The molecule has 0 spiro atoms. The lowest BCUT2D eigenvalue weighted by atomic mass is 9.76. The first-order valence-corrected chi connectivity index (χ1v) is 8.05. The number of aliphatic carboxylic acids is 1. The standard InChI is InChI=1S/C13H23NO4S/c1-3-13(12(17)18)5-7-14(8-6-13)11(16)10(15)4-9-19-2/h10,15H,3-9H2,1-2H3,(H,17,18)/t10-/m1/s1. The van der Waals surface area contributed by atoms with Crippen LogP contribution in [0.25, 0.3) is 0 Å². The van der Waals surface area contributed by atoms with Crippen LogP contribution in [0.5, 0.6) is 0 Å². The Balaban J connectivity index is 2.53. The molecule has 1 aliphatic rings. The Morgan fingerprint density at radius 2 is 1.95 bits per heavy atom. The van der Waals surface area contributed by atoms with Crippen molar-refractivity contribution in [3.05, 3.63) is 0 Å². The molecule has 1 aliphatic heterocycles. The van der Waals surface area contributed by atoms with Crippen LogP contribution in [0.4, 0.5) is 0 Å². The zero-order valence-corrected chi connectivity index (χ0v) is 12.4. The summed E-state index contributed by atoms with van der Waals surface area (Å²) in [5, 5.41) is 19.1. The molecule has 2 N–H and O–H groups in total. The number of aliphatic hydroxyl groups is 1. The van der Waals surface area contributed by atoms with Gasteiger partial charge in [0.1, 0.15) is 6.10 Å². The normalized spacial score (nSPS) is 20.1. The number of piperidine rings is 1. The second-order valence-electron chi connectivity index (χ2n) is 5.06. The molecule has 0 saturated carbocycles. The molecule has 1 saturated heterocycles. The van der Waals surface area contributed by atoms with Gasteiger partial charge in [0.2, 0.25) is 0 Å². The monoisotopic (exact) mass is 289 g/mol. The van der Waals surface area contributed by atoms with Gasteiger partial charge in [-0.2, -0.15) is 11.8 Å². The number of amides is 1. The highest BCUT2D eigenvalue weighted by Gasteiger charge is 2.41. The molecule has 1 atom stereocenters. The first-order chi connectivity index (χ1) is 8.96. The van der Waals surface area contributed by atoms with Crippen molar-refractivity contribution in [3.63, 3.8) is 0 Å². The van der Waals surface area contributed by atoms with Gasteiger partial charge in [0.15, 0.2) is 0 Å². The topological polar surface area (TPSA) is 77.8 Å². The zero-order chi connectivity index (χ0) is 14.5. The third-order valence-corrected chi connectivity index (χ3v) is 4.69. The molecule has 1 amide bonds. The van der Waals surface area contributed by atoms with Crippen molar-refractivity contribution in [2.45, 2.75) is 38.7 Å². The fourth-order valence-corrected chi connectivity index (χ4v) is 2.90. The van der Waals surface area contributed by atoms with Gasteiger partial charge in [-0.25, -0.2) is 0 Å². The Labute approximate surface area is 118 Å². The Morgan fingerprint density at radius 3 is 2.37 bits per heavy atom. The molecular formula is C13H23NO4S. The van der Waals surface area contributed by atoms with Gasteiger partial charge in [0.25, 0.3) is 5.91 Å². The predicted octanol–water partition coefficient (Wildman–Crippen LogP) is 1.20. The first kappa shape index (κ1) is 16.3. The van der Waals surface area contributed by atoms with Crippen LogP contribution >= 0.6 is 11.8 Å². The lowest BCUT2D eigenvalue weighted by molar-refractivity contribution is -0.156. The van der Waals surface area contributed by atoms with Crippen LogP contribution in [0.3, 0.4) is 0 Å². The summed E-state index contributed by atoms with van der Waals surface area (Å²) in [6.45, 7) is 2.73. The van der Waals surface area contributed by atoms with E-state index >= 15 is 0 Å². The lowest BCUT2D eigenvalue weighted by Gasteiger charge is -2.39. The minimum absolute atomic E-state index is 0.260. The van der Waals surface area contributed by atoms with E-state index in [1.807, 2.05) is 13.2 Å². The van der Waals surface area contributed by atoms with Gasteiger partial charge in [-0.1, -0.05) is 6.92 Å². The highest BCUT2D eigenvalue weighted by molar-refractivity contribution is 7.98. The molecule has 110 valence electrons. The fraction of sp³-hybridized carbons (Fsp3) is 0.846. The van der Waals surface area contributed by atoms with Crippen molar-refractivity contribution in [3.8, 4) is 0 Å². The Bertz CT molecular complexity index is 327. The third-order valence-electron chi connectivity index (χ3n) is 4.04.